The maximum Gasteiger partial charge on any atom is 0.417 e. The number of carbonyl (C=O) groups excluding carboxylic acids is 4. The predicted octanol–water partition coefficient (Wildman–Crippen LogP) is 4.19. The van der Waals surface area contributed by atoms with Crippen molar-refractivity contribution >= 4 is 34.7 Å². The van der Waals surface area contributed by atoms with Gasteiger partial charge < -0.3 is 10.2 Å². The molecule has 4 rings (SSSR count). The molecule has 1 aromatic rings. The first-order valence-electron chi connectivity index (χ1n) is 11.6. The Labute approximate surface area is 209 Å². The van der Waals surface area contributed by atoms with E-state index >= 15 is 0 Å². The molecule has 12 heteroatoms. The van der Waals surface area contributed by atoms with Gasteiger partial charge in [0, 0.05) is 19.6 Å². The smallest absolute Gasteiger partial charge is 0.354 e. The SMILES string of the molecule is CC(CNC(=O)CN1C(=O)SC(=C2CCN(C(=O)c3cc(F)ccc3C(F)(F)F)CC2)C1=O)C1CC1. The summed E-state index contributed by atoms with van der Waals surface area (Å²) in [5.41, 5.74) is -1.39. The molecule has 0 radical (unpaired) electrons. The van der Waals surface area contributed by atoms with Crippen LogP contribution in [0.4, 0.5) is 22.4 Å². The van der Waals surface area contributed by atoms with Crippen molar-refractivity contribution < 1.29 is 36.7 Å². The molecule has 7 nitrogen and oxygen atoms in total. The molecule has 2 saturated heterocycles. The van der Waals surface area contributed by atoms with Crippen LogP contribution < -0.4 is 5.32 Å². The Bertz CT molecular complexity index is 1120. The highest BCUT2D eigenvalue weighted by Crippen LogP contribution is 2.38. The zero-order chi connectivity index (χ0) is 26.2. The van der Waals surface area contributed by atoms with E-state index in [9.17, 15) is 36.7 Å². The summed E-state index contributed by atoms with van der Waals surface area (Å²) in [4.78, 5) is 52.5. The Morgan fingerprint density at radius 1 is 1.17 bits per heavy atom. The number of nitrogens with one attached hydrogen (secondary N) is 1. The molecule has 2 heterocycles. The molecule has 1 aromatic carbocycles. The summed E-state index contributed by atoms with van der Waals surface area (Å²) >= 11 is 0.719. The molecular formula is C24H25F4N3O4S. The minimum atomic E-state index is -4.82. The van der Waals surface area contributed by atoms with E-state index in [-0.39, 0.29) is 37.4 Å². The third-order valence-electron chi connectivity index (χ3n) is 6.69. The highest BCUT2D eigenvalue weighted by atomic mass is 32.2. The van der Waals surface area contributed by atoms with Crippen molar-refractivity contribution in [1.82, 2.24) is 15.1 Å². The second-order valence-electron chi connectivity index (χ2n) is 9.29. The average molecular weight is 528 g/mol. The Kier molecular flexibility index (Phi) is 7.44. The molecule has 1 N–H and O–H groups in total. The van der Waals surface area contributed by atoms with E-state index in [1.54, 1.807) is 0 Å². The highest BCUT2D eigenvalue weighted by molar-refractivity contribution is 8.18. The minimum absolute atomic E-state index is 0.00699. The van der Waals surface area contributed by atoms with E-state index in [1.165, 1.54) is 4.90 Å². The van der Waals surface area contributed by atoms with Crippen molar-refractivity contribution in [2.75, 3.05) is 26.2 Å². The largest absolute Gasteiger partial charge is 0.417 e. The topological polar surface area (TPSA) is 86.8 Å². The van der Waals surface area contributed by atoms with Crippen LogP contribution >= 0.6 is 11.8 Å². The van der Waals surface area contributed by atoms with Gasteiger partial charge in [0.25, 0.3) is 17.1 Å². The summed E-state index contributed by atoms with van der Waals surface area (Å²) < 4.78 is 53.5. The number of imide groups is 1. The minimum Gasteiger partial charge on any atom is -0.354 e. The number of carbonyl (C=O) groups is 4. The zero-order valence-electron chi connectivity index (χ0n) is 19.5. The summed E-state index contributed by atoms with van der Waals surface area (Å²) in [6.07, 6.45) is -2.20. The molecule has 0 spiro atoms. The molecule has 2 aliphatic heterocycles. The average Bonchev–Trinajstić information content (AvgIpc) is 3.64. The Hall–Kier alpha value is -2.89. The van der Waals surface area contributed by atoms with Crippen LogP contribution in [0.1, 0.15) is 48.5 Å². The number of rotatable bonds is 6. The van der Waals surface area contributed by atoms with Gasteiger partial charge in [-0.15, -0.1) is 0 Å². The third kappa shape index (κ3) is 5.74. The van der Waals surface area contributed by atoms with Gasteiger partial charge in [0.05, 0.1) is 16.0 Å². The van der Waals surface area contributed by atoms with Crippen molar-refractivity contribution in [2.24, 2.45) is 11.8 Å². The number of nitrogens with zero attached hydrogens (tertiary/aromatic N) is 2. The fraction of sp³-hybridized carbons (Fsp3) is 0.500. The van der Waals surface area contributed by atoms with Gasteiger partial charge in [-0.25, -0.2) is 4.39 Å². The lowest BCUT2D eigenvalue weighted by Crippen LogP contribution is -2.41. The third-order valence-corrected chi connectivity index (χ3v) is 7.75. The van der Waals surface area contributed by atoms with E-state index in [4.69, 9.17) is 0 Å². The maximum atomic E-state index is 13.6. The monoisotopic (exact) mass is 527 g/mol. The molecule has 4 amide bonds. The van der Waals surface area contributed by atoms with Crippen LogP contribution in [-0.2, 0) is 15.8 Å². The van der Waals surface area contributed by atoms with E-state index in [1.807, 2.05) is 6.92 Å². The molecule has 194 valence electrons. The number of thioether (sulfide) groups is 1. The van der Waals surface area contributed by atoms with Crippen LogP contribution in [0.25, 0.3) is 0 Å². The van der Waals surface area contributed by atoms with Crippen LogP contribution in [0.5, 0.6) is 0 Å². The second-order valence-corrected chi connectivity index (χ2v) is 10.3. The number of amides is 4. The van der Waals surface area contributed by atoms with Gasteiger partial charge in [-0.1, -0.05) is 6.92 Å². The number of halogens is 4. The first-order valence-corrected chi connectivity index (χ1v) is 12.5. The van der Waals surface area contributed by atoms with Gasteiger partial charge in [0.15, 0.2) is 0 Å². The van der Waals surface area contributed by atoms with Crippen molar-refractivity contribution in [2.45, 2.75) is 38.8 Å². The van der Waals surface area contributed by atoms with Gasteiger partial charge >= 0.3 is 6.18 Å². The summed E-state index contributed by atoms with van der Waals surface area (Å²) in [6.45, 7) is 2.15. The van der Waals surface area contributed by atoms with Gasteiger partial charge in [-0.05, 0) is 73.1 Å². The van der Waals surface area contributed by atoms with Gasteiger partial charge in [-0.2, -0.15) is 13.2 Å². The van der Waals surface area contributed by atoms with Crippen molar-refractivity contribution in [3.05, 3.63) is 45.6 Å². The Morgan fingerprint density at radius 3 is 2.44 bits per heavy atom. The number of benzene rings is 1. The van der Waals surface area contributed by atoms with Gasteiger partial charge in [0.2, 0.25) is 5.91 Å². The summed E-state index contributed by atoms with van der Waals surface area (Å²) in [6, 6.07) is 1.76. The lowest BCUT2D eigenvalue weighted by atomic mass is 10.00. The molecule has 1 saturated carbocycles. The fourth-order valence-corrected chi connectivity index (χ4v) is 5.35. The number of alkyl halides is 3. The lowest BCUT2D eigenvalue weighted by molar-refractivity contribution is -0.138. The summed E-state index contributed by atoms with van der Waals surface area (Å²) in [5, 5.41) is 2.19. The molecule has 1 atom stereocenters. The lowest BCUT2D eigenvalue weighted by Gasteiger charge is -2.30. The molecule has 36 heavy (non-hydrogen) atoms. The van der Waals surface area contributed by atoms with Crippen LogP contribution in [0.3, 0.4) is 0 Å². The first-order chi connectivity index (χ1) is 17.0. The highest BCUT2D eigenvalue weighted by Gasteiger charge is 2.40. The second kappa shape index (κ2) is 10.2. The maximum absolute atomic E-state index is 13.6. The summed E-state index contributed by atoms with van der Waals surface area (Å²) in [7, 11) is 0. The molecule has 0 aromatic heterocycles. The van der Waals surface area contributed by atoms with E-state index in [2.05, 4.69) is 5.32 Å². The number of piperidine rings is 1. The Morgan fingerprint density at radius 2 is 1.83 bits per heavy atom. The standard InChI is InChI=1S/C24H25F4N3O4S/c1-13(14-2-3-14)11-29-19(32)12-31-22(34)20(36-23(31)35)15-6-8-30(9-7-15)21(33)17-10-16(25)4-5-18(17)24(26,27)28/h4-5,10,13-14H,2-3,6-9,11-12H2,1H3,(H,29,32). The van der Waals surface area contributed by atoms with Crippen molar-refractivity contribution in [1.29, 1.82) is 0 Å². The number of hydrogen-bond acceptors (Lipinski definition) is 5. The van der Waals surface area contributed by atoms with Gasteiger partial charge in [0.1, 0.15) is 12.4 Å². The van der Waals surface area contributed by atoms with Crippen molar-refractivity contribution in [3.8, 4) is 0 Å². The number of likely N-dealkylation sites (tertiary alicyclic amines) is 1. The van der Waals surface area contributed by atoms with E-state index < -0.39 is 46.1 Å². The van der Waals surface area contributed by atoms with Crippen LogP contribution in [0.15, 0.2) is 28.7 Å². The normalized spacial score (nSPS) is 19.7. The Balaban J connectivity index is 1.38. The van der Waals surface area contributed by atoms with Crippen LogP contribution in [0.2, 0.25) is 0 Å². The van der Waals surface area contributed by atoms with Gasteiger partial charge in [-0.3, -0.25) is 24.1 Å². The molecule has 1 aliphatic carbocycles. The molecular weight excluding hydrogens is 502 g/mol. The van der Waals surface area contributed by atoms with Crippen LogP contribution in [0, 0.1) is 17.7 Å². The molecule has 0 bridgehead atoms. The zero-order valence-corrected chi connectivity index (χ0v) is 20.3. The molecule has 3 fully saturated rings. The molecule has 1 unspecified atom stereocenters. The predicted molar refractivity (Wildman–Crippen MR) is 123 cm³/mol. The fourth-order valence-electron chi connectivity index (χ4n) is 4.38. The van der Waals surface area contributed by atoms with Crippen molar-refractivity contribution in [3.63, 3.8) is 0 Å². The molecule has 3 aliphatic rings. The number of hydrogen-bond donors (Lipinski definition) is 1. The van der Waals surface area contributed by atoms with E-state index in [0.717, 1.165) is 29.5 Å². The van der Waals surface area contributed by atoms with Crippen LogP contribution in [-0.4, -0.2) is 58.9 Å². The summed E-state index contributed by atoms with van der Waals surface area (Å²) in [5.74, 6) is -1.99. The quantitative estimate of drug-likeness (QED) is 0.443. The van der Waals surface area contributed by atoms with E-state index in [0.29, 0.717) is 42.2 Å². The first kappa shape index (κ1) is 26.2.